The zero-order valence-corrected chi connectivity index (χ0v) is 28.0. The van der Waals surface area contributed by atoms with E-state index < -0.39 is 20.8 Å². The van der Waals surface area contributed by atoms with Crippen molar-refractivity contribution in [1.29, 1.82) is 0 Å². The smallest absolute Gasteiger partial charge is 0.327 e. The predicted octanol–water partition coefficient (Wildman–Crippen LogP) is 2.59. The van der Waals surface area contributed by atoms with Gasteiger partial charge in [0.1, 0.15) is 18.6 Å². The first-order valence-corrected chi connectivity index (χ1v) is 15.6. The predicted molar refractivity (Wildman–Crippen MR) is 175 cm³/mol. The molecule has 6 heterocycles. The first-order chi connectivity index (χ1) is 21.9. The third kappa shape index (κ3) is 21.9. The molecule has 0 amide bonds. The monoisotopic (exact) mass is 736 g/mol. The molecule has 0 saturated heterocycles. The molecule has 6 aromatic rings. The van der Waals surface area contributed by atoms with Gasteiger partial charge < -0.3 is 13.7 Å². The van der Waals surface area contributed by atoms with E-state index in [4.69, 9.17) is 35.0 Å². The summed E-state index contributed by atoms with van der Waals surface area (Å²) in [4.78, 5) is 12.6. The molecule has 0 fully saturated rings. The van der Waals surface area contributed by atoms with Gasteiger partial charge in [-0.15, -0.1) is 24.8 Å². The minimum absolute atomic E-state index is 0. The first kappa shape index (κ1) is 43.2. The molecule has 14 nitrogen and oxygen atoms in total. The van der Waals surface area contributed by atoms with Crippen molar-refractivity contribution < 1.29 is 48.7 Å². The second-order valence-electron chi connectivity index (χ2n) is 8.25. The van der Waals surface area contributed by atoms with Crippen LogP contribution in [0, 0.1) is 0 Å². The van der Waals surface area contributed by atoms with Crippen molar-refractivity contribution in [3.63, 3.8) is 0 Å². The molecule has 0 atom stereocenters. The standard InChI is InChI=1S/3C10H9N2.2ClH.2H2O4S/c3*1-4-8-12(9-5-1)10-6-2-3-7-11-10;;;2*1-5(2,3)4/h3*1-9H;2*1H;2*(H2,1,2,3,4)/q3*+1;;;;/p-3. The van der Waals surface area contributed by atoms with Crippen LogP contribution in [0.15, 0.2) is 165 Å². The average molecular weight is 738 g/mol. The molecule has 1 N–H and O–H groups in total. The highest BCUT2D eigenvalue weighted by Crippen LogP contribution is 1.93. The van der Waals surface area contributed by atoms with Gasteiger partial charge in [0.15, 0.2) is 0 Å². The molecule has 0 saturated carbocycles. The van der Waals surface area contributed by atoms with E-state index in [0.29, 0.717) is 0 Å². The number of hydrogen-bond acceptors (Lipinski definition) is 10. The number of halogens is 2. The molecule has 0 unspecified atom stereocenters. The van der Waals surface area contributed by atoms with Crippen LogP contribution < -0.4 is 13.7 Å². The highest BCUT2D eigenvalue weighted by molar-refractivity contribution is 7.80. The number of hydrogen-bond donors (Lipinski definition) is 1. The van der Waals surface area contributed by atoms with Crippen LogP contribution in [0.25, 0.3) is 17.5 Å². The lowest BCUT2D eigenvalue weighted by molar-refractivity contribution is -0.599. The van der Waals surface area contributed by atoms with Crippen molar-refractivity contribution in [2.24, 2.45) is 0 Å². The molecule has 0 aromatic carbocycles. The Labute approximate surface area is 290 Å². The molecule has 254 valence electrons. The molecule has 0 spiro atoms. The molecule has 48 heavy (non-hydrogen) atoms. The van der Waals surface area contributed by atoms with E-state index in [1.807, 2.05) is 160 Å². The topological polar surface area (TPSA) is 208 Å². The van der Waals surface area contributed by atoms with Crippen molar-refractivity contribution in [1.82, 2.24) is 15.0 Å². The van der Waals surface area contributed by atoms with Gasteiger partial charge in [0.25, 0.3) is 0 Å². The Morgan fingerprint density at radius 2 is 0.646 bits per heavy atom. The normalized spacial score (nSPS) is 9.67. The molecular formula is C30H30Cl2N6O8S2. The molecular weight excluding hydrogens is 707 g/mol. The first-order valence-electron chi connectivity index (χ1n) is 12.9. The summed E-state index contributed by atoms with van der Waals surface area (Å²) in [6.07, 6.45) is 17.2. The number of nitrogens with zero attached hydrogens (tertiary/aromatic N) is 6. The van der Waals surface area contributed by atoms with E-state index in [9.17, 15) is 0 Å². The minimum atomic E-state index is -5.17. The lowest BCUT2D eigenvalue weighted by Gasteiger charge is -2.06. The van der Waals surface area contributed by atoms with Gasteiger partial charge >= 0.3 is 17.5 Å². The van der Waals surface area contributed by atoms with Crippen molar-refractivity contribution in [3.8, 4) is 17.5 Å². The van der Waals surface area contributed by atoms with Crippen LogP contribution in [-0.4, -0.2) is 50.0 Å². The number of rotatable bonds is 3. The van der Waals surface area contributed by atoms with Gasteiger partial charge in [0, 0.05) is 28.6 Å². The molecule has 18 heteroatoms. The number of aromatic nitrogens is 6. The third-order valence-corrected chi connectivity index (χ3v) is 4.89. The molecule has 0 aliphatic rings. The Hall–Kier alpha value is -4.78. The maximum absolute atomic E-state index is 8.63. The fourth-order valence-electron chi connectivity index (χ4n) is 3.17. The zero-order valence-electron chi connectivity index (χ0n) is 24.7. The summed E-state index contributed by atoms with van der Waals surface area (Å²) in [7, 11) is -10.1. The van der Waals surface area contributed by atoms with Crippen molar-refractivity contribution in [3.05, 3.63) is 165 Å². The maximum atomic E-state index is 8.63. The Bertz CT molecular complexity index is 1560. The van der Waals surface area contributed by atoms with Gasteiger partial charge in [-0.25, -0.2) is 22.1 Å². The lowest BCUT2D eigenvalue weighted by atomic mass is 10.4. The van der Waals surface area contributed by atoms with E-state index in [-0.39, 0.29) is 24.8 Å². The highest BCUT2D eigenvalue weighted by Gasteiger charge is 2.03. The van der Waals surface area contributed by atoms with Gasteiger partial charge in [-0.1, -0.05) is 36.4 Å². The van der Waals surface area contributed by atoms with Gasteiger partial charge in [-0.3, -0.25) is 13.0 Å². The van der Waals surface area contributed by atoms with E-state index in [1.54, 1.807) is 18.6 Å². The Kier molecular flexibility index (Phi) is 21.2. The van der Waals surface area contributed by atoms with Crippen LogP contribution in [-0.2, 0) is 20.8 Å². The summed E-state index contributed by atoms with van der Waals surface area (Å²) in [5.74, 6) is 2.83. The van der Waals surface area contributed by atoms with Crippen molar-refractivity contribution in [2.45, 2.75) is 0 Å². The Morgan fingerprint density at radius 1 is 0.438 bits per heavy atom. The maximum Gasteiger partial charge on any atom is 0.327 e. The quantitative estimate of drug-likeness (QED) is 0.159. The molecule has 0 aliphatic carbocycles. The van der Waals surface area contributed by atoms with E-state index >= 15 is 0 Å². The van der Waals surface area contributed by atoms with E-state index in [1.165, 1.54) is 0 Å². The van der Waals surface area contributed by atoms with Crippen molar-refractivity contribution >= 4 is 45.6 Å². The zero-order chi connectivity index (χ0) is 33.7. The lowest BCUT2D eigenvalue weighted by Crippen LogP contribution is -2.29. The van der Waals surface area contributed by atoms with Crippen LogP contribution >= 0.6 is 24.8 Å². The average Bonchev–Trinajstić information content (AvgIpc) is 3.06. The summed E-state index contributed by atoms with van der Waals surface area (Å²) in [5, 5.41) is 0. The van der Waals surface area contributed by atoms with Gasteiger partial charge in [-0.2, -0.15) is 0 Å². The van der Waals surface area contributed by atoms with E-state index in [2.05, 4.69) is 15.0 Å². The Morgan fingerprint density at radius 3 is 0.812 bits per heavy atom. The van der Waals surface area contributed by atoms with Crippen LogP contribution in [0.3, 0.4) is 0 Å². The summed E-state index contributed by atoms with van der Waals surface area (Å²) >= 11 is 0. The van der Waals surface area contributed by atoms with Crippen molar-refractivity contribution in [2.75, 3.05) is 0 Å². The summed E-state index contributed by atoms with van der Waals surface area (Å²) in [6.45, 7) is 0. The Balaban J connectivity index is 0.000000597. The second kappa shape index (κ2) is 23.5. The molecule has 0 radical (unpaired) electrons. The number of pyridine rings is 6. The van der Waals surface area contributed by atoms with Gasteiger partial charge in [0.05, 0.1) is 37.2 Å². The SMILES string of the molecule is Cl.Cl.O=S(=O)([O-])O.O=S(=O)([O-])[O-].c1cc[n+](-c2ccccn2)cc1.c1cc[n+](-c2ccccn2)cc1.c1cc[n+](-c2ccccn2)cc1. The molecule has 6 aromatic heterocycles. The van der Waals surface area contributed by atoms with E-state index in [0.717, 1.165) is 17.5 Å². The highest BCUT2D eigenvalue weighted by atomic mass is 35.5. The summed E-state index contributed by atoms with van der Waals surface area (Å²) < 4.78 is 72.8. The van der Waals surface area contributed by atoms with Crippen LogP contribution in [0.2, 0.25) is 0 Å². The third-order valence-electron chi connectivity index (χ3n) is 4.89. The fraction of sp³-hybridized carbons (Fsp3) is 0. The molecule has 0 aliphatic heterocycles. The minimum Gasteiger partial charge on any atom is -0.759 e. The molecule has 0 bridgehead atoms. The van der Waals surface area contributed by atoms with Gasteiger partial charge in [-0.05, 0) is 69.5 Å². The summed E-state index contributed by atoms with van der Waals surface area (Å²) in [6, 6.07) is 35.4. The largest absolute Gasteiger partial charge is 0.759 e. The molecule has 6 rings (SSSR count). The second-order valence-corrected chi connectivity index (χ2v) is 9.92. The van der Waals surface area contributed by atoms with Crippen LogP contribution in [0.5, 0.6) is 0 Å². The van der Waals surface area contributed by atoms with Gasteiger partial charge in [0.2, 0.25) is 10.4 Å². The van der Waals surface area contributed by atoms with Crippen LogP contribution in [0.4, 0.5) is 0 Å². The summed E-state index contributed by atoms with van der Waals surface area (Å²) in [5.41, 5.74) is 0. The van der Waals surface area contributed by atoms with Crippen LogP contribution in [0.1, 0.15) is 0 Å². The fourth-order valence-corrected chi connectivity index (χ4v) is 3.17.